The van der Waals surface area contributed by atoms with Gasteiger partial charge in [-0.05, 0) is 28.5 Å². The van der Waals surface area contributed by atoms with E-state index in [0.717, 1.165) is 11.1 Å². The average Bonchev–Trinajstić information content (AvgIpc) is 2.25. The summed E-state index contributed by atoms with van der Waals surface area (Å²) in [6, 6.07) is 10.6. The van der Waals surface area contributed by atoms with Crippen LogP contribution >= 0.6 is 0 Å². The van der Waals surface area contributed by atoms with Gasteiger partial charge in [-0.2, -0.15) is 5.26 Å². The first kappa shape index (κ1) is 12.5. The van der Waals surface area contributed by atoms with E-state index in [1.54, 1.807) is 6.08 Å². The molecule has 0 heterocycles. The van der Waals surface area contributed by atoms with Crippen molar-refractivity contribution in [1.29, 1.82) is 5.26 Å². The molecule has 0 aliphatic carbocycles. The van der Waals surface area contributed by atoms with E-state index in [-0.39, 0.29) is 0 Å². The van der Waals surface area contributed by atoms with Crippen LogP contribution in [0.4, 0.5) is 0 Å². The molecule has 1 aromatic carbocycles. The van der Waals surface area contributed by atoms with Crippen LogP contribution in [-0.2, 0) is 0 Å². The molecule has 1 rings (SSSR count). The summed E-state index contributed by atoms with van der Waals surface area (Å²) in [5.74, 6) is 0.932. The van der Waals surface area contributed by atoms with Crippen LogP contribution in [0.3, 0.4) is 0 Å². The molecule has 1 aromatic rings. The molecule has 0 saturated carbocycles. The van der Waals surface area contributed by atoms with Gasteiger partial charge in [-0.25, -0.2) is 0 Å². The van der Waals surface area contributed by atoms with E-state index < -0.39 is 0 Å². The van der Waals surface area contributed by atoms with E-state index in [2.05, 4.69) is 58.0 Å². The van der Waals surface area contributed by atoms with Crippen molar-refractivity contribution in [3.05, 3.63) is 41.5 Å². The van der Waals surface area contributed by atoms with Gasteiger partial charge in [0.25, 0.3) is 0 Å². The van der Waals surface area contributed by atoms with Gasteiger partial charge in [-0.1, -0.05) is 52.0 Å². The van der Waals surface area contributed by atoms with Crippen LogP contribution < -0.4 is 0 Å². The van der Waals surface area contributed by atoms with Gasteiger partial charge in [0, 0.05) is 6.08 Å². The zero-order chi connectivity index (χ0) is 12.1. The Labute approximate surface area is 98.4 Å². The molecule has 0 aromatic heterocycles. The lowest BCUT2D eigenvalue weighted by molar-refractivity contribution is 0.851. The molecule has 16 heavy (non-hydrogen) atoms. The summed E-state index contributed by atoms with van der Waals surface area (Å²) in [5, 5.41) is 8.76. The normalized spacial score (nSPS) is 11.9. The zero-order valence-corrected chi connectivity index (χ0v) is 10.5. The van der Waals surface area contributed by atoms with Crippen molar-refractivity contribution >= 4 is 5.57 Å². The third kappa shape index (κ3) is 2.97. The molecule has 0 atom stereocenters. The molecule has 1 heteroatoms. The number of nitriles is 1. The molecule has 0 amide bonds. The Bertz CT molecular complexity index is 402. The molecule has 0 radical (unpaired) electrons. The number of hydrogen-bond acceptors (Lipinski definition) is 1. The second kappa shape index (κ2) is 5.51. The molecule has 0 fully saturated rings. The molecule has 0 unspecified atom stereocenters. The summed E-state index contributed by atoms with van der Waals surface area (Å²) < 4.78 is 0. The summed E-state index contributed by atoms with van der Waals surface area (Å²) in [6.45, 7) is 8.59. The monoisotopic (exact) mass is 213 g/mol. The molecule has 0 aliphatic heterocycles. The van der Waals surface area contributed by atoms with Crippen LogP contribution in [0.1, 0.15) is 44.7 Å². The minimum Gasteiger partial charge on any atom is -0.193 e. The SMILES string of the molecule is CC(C)C(=CC#N)c1ccc(C(C)C)cc1. The minimum absolute atomic E-state index is 0.379. The molecular formula is C15H19N. The zero-order valence-electron chi connectivity index (χ0n) is 10.5. The number of nitrogens with zero attached hydrogens (tertiary/aromatic N) is 1. The van der Waals surface area contributed by atoms with E-state index in [9.17, 15) is 0 Å². The van der Waals surface area contributed by atoms with Crippen molar-refractivity contribution in [3.8, 4) is 6.07 Å². The molecule has 0 spiro atoms. The lowest BCUT2D eigenvalue weighted by Gasteiger charge is -2.12. The molecular weight excluding hydrogens is 194 g/mol. The van der Waals surface area contributed by atoms with Crippen LogP contribution in [0, 0.1) is 17.2 Å². The van der Waals surface area contributed by atoms with Gasteiger partial charge in [0.2, 0.25) is 0 Å². The van der Waals surface area contributed by atoms with Crippen molar-refractivity contribution in [2.45, 2.75) is 33.6 Å². The van der Waals surface area contributed by atoms with Gasteiger partial charge in [0.15, 0.2) is 0 Å². The molecule has 1 nitrogen and oxygen atoms in total. The molecule has 0 bridgehead atoms. The van der Waals surface area contributed by atoms with E-state index in [1.165, 1.54) is 5.56 Å². The molecule has 0 N–H and O–H groups in total. The smallest absolute Gasteiger partial charge is 0.0915 e. The molecule has 0 saturated heterocycles. The highest BCUT2D eigenvalue weighted by atomic mass is 14.2. The Morgan fingerprint density at radius 2 is 1.69 bits per heavy atom. The summed E-state index contributed by atoms with van der Waals surface area (Å²) >= 11 is 0. The van der Waals surface area contributed by atoms with Crippen LogP contribution in [-0.4, -0.2) is 0 Å². The molecule has 0 aliphatic rings. The fourth-order valence-electron chi connectivity index (χ4n) is 1.71. The van der Waals surface area contributed by atoms with Crippen molar-refractivity contribution < 1.29 is 0 Å². The first-order valence-corrected chi connectivity index (χ1v) is 5.76. The second-order valence-electron chi connectivity index (χ2n) is 4.66. The van der Waals surface area contributed by atoms with Gasteiger partial charge in [0.05, 0.1) is 6.07 Å². The summed E-state index contributed by atoms with van der Waals surface area (Å²) in [5.41, 5.74) is 3.60. The van der Waals surface area contributed by atoms with E-state index in [1.807, 2.05) is 0 Å². The lowest BCUT2D eigenvalue weighted by Crippen LogP contribution is -1.94. The Morgan fingerprint density at radius 3 is 2.06 bits per heavy atom. The van der Waals surface area contributed by atoms with Crippen molar-refractivity contribution in [2.75, 3.05) is 0 Å². The van der Waals surface area contributed by atoms with E-state index in [0.29, 0.717) is 11.8 Å². The summed E-state index contributed by atoms with van der Waals surface area (Å²) in [7, 11) is 0. The lowest BCUT2D eigenvalue weighted by atomic mass is 9.93. The summed E-state index contributed by atoms with van der Waals surface area (Å²) in [4.78, 5) is 0. The second-order valence-corrected chi connectivity index (χ2v) is 4.66. The van der Waals surface area contributed by atoms with Crippen LogP contribution in [0.15, 0.2) is 30.3 Å². The van der Waals surface area contributed by atoms with Crippen LogP contribution in [0.25, 0.3) is 5.57 Å². The average molecular weight is 213 g/mol. The van der Waals surface area contributed by atoms with Gasteiger partial charge in [-0.3, -0.25) is 0 Å². The predicted molar refractivity (Wildman–Crippen MR) is 69.0 cm³/mol. The predicted octanol–water partition coefficient (Wildman–Crippen LogP) is 4.37. The van der Waals surface area contributed by atoms with Crippen molar-refractivity contribution in [1.82, 2.24) is 0 Å². The van der Waals surface area contributed by atoms with Crippen molar-refractivity contribution in [3.63, 3.8) is 0 Å². The number of benzene rings is 1. The van der Waals surface area contributed by atoms with Crippen LogP contribution in [0.5, 0.6) is 0 Å². The highest BCUT2D eigenvalue weighted by Gasteiger charge is 2.06. The highest BCUT2D eigenvalue weighted by Crippen LogP contribution is 2.24. The third-order valence-electron chi connectivity index (χ3n) is 2.75. The van der Waals surface area contributed by atoms with Gasteiger partial charge >= 0.3 is 0 Å². The van der Waals surface area contributed by atoms with Gasteiger partial charge in [-0.15, -0.1) is 0 Å². The Kier molecular flexibility index (Phi) is 4.31. The number of allylic oxidation sites excluding steroid dienone is 2. The minimum atomic E-state index is 0.379. The Morgan fingerprint density at radius 1 is 1.12 bits per heavy atom. The molecule has 84 valence electrons. The van der Waals surface area contributed by atoms with E-state index in [4.69, 9.17) is 5.26 Å². The number of rotatable bonds is 3. The quantitative estimate of drug-likeness (QED) is 0.684. The largest absolute Gasteiger partial charge is 0.193 e. The maximum atomic E-state index is 8.76. The number of hydrogen-bond donors (Lipinski definition) is 0. The maximum Gasteiger partial charge on any atom is 0.0915 e. The van der Waals surface area contributed by atoms with Gasteiger partial charge < -0.3 is 0 Å². The Balaban J connectivity index is 3.05. The fraction of sp³-hybridized carbons (Fsp3) is 0.400. The third-order valence-corrected chi connectivity index (χ3v) is 2.75. The topological polar surface area (TPSA) is 23.8 Å². The van der Waals surface area contributed by atoms with Crippen LogP contribution in [0.2, 0.25) is 0 Å². The van der Waals surface area contributed by atoms with Crippen molar-refractivity contribution in [2.24, 2.45) is 5.92 Å². The summed E-state index contributed by atoms with van der Waals surface area (Å²) in [6.07, 6.45) is 1.65. The Hall–Kier alpha value is -1.55. The maximum absolute atomic E-state index is 8.76. The highest BCUT2D eigenvalue weighted by molar-refractivity contribution is 5.69. The van der Waals surface area contributed by atoms with Gasteiger partial charge in [0.1, 0.15) is 0 Å². The standard InChI is InChI=1S/C15H19N/c1-11(2)13-5-7-14(8-6-13)15(9-10-16)12(3)4/h5-9,11-12H,1-4H3. The first-order valence-electron chi connectivity index (χ1n) is 5.76. The first-order chi connectivity index (χ1) is 7.56. The van der Waals surface area contributed by atoms with E-state index >= 15 is 0 Å². The fourth-order valence-corrected chi connectivity index (χ4v) is 1.71.